The molecule has 3 rings (SSSR count). The van der Waals surface area contributed by atoms with Gasteiger partial charge in [-0.2, -0.15) is 4.31 Å². The molecule has 2 aromatic rings. The molecule has 10 heteroatoms. The number of esters is 1. The predicted octanol–water partition coefficient (Wildman–Crippen LogP) is 2.52. The number of benzene rings is 2. The first-order valence-corrected chi connectivity index (χ1v) is 12.3. The van der Waals surface area contributed by atoms with E-state index >= 15 is 0 Å². The lowest BCUT2D eigenvalue weighted by Gasteiger charge is -2.25. The van der Waals surface area contributed by atoms with E-state index in [1.807, 2.05) is 6.07 Å². The van der Waals surface area contributed by atoms with E-state index in [1.165, 1.54) is 41.6 Å². The summed E-state index contributed by atoms with van der Waals surface area (Å²) in [6, 6.07) is 14.7. The molecule has 0 radical (unpaired) electrons. The smallest absolute Gasteiger partial charge is 0.355 e. The molecule has 0 unspecified atom stereocenters. The Morgan fingerprint density at radius 3 is 2.24 bits per heavy atom. The van der Waals surface area contributed by atoms with Crippen LogP contribution in [0, 0.1) is 0 Å². The number of piperidine rings is 1. The van der Waals surface area contributed by atoms with Crippen molar-refractivity contribution in [3.8, 4) is 0 Å². The Hall–Kier alpha value is -3.50. The molecule has 34 heavy (non-hydrogen) atoms. The van der Waals surface area contributed by atoms with Crippen molar-refractivity contribution in [3.63, 3.8) is 0 Å². The Labute approximate surface area is 198 Å². The Kier molecular flexibility index (Phi) is 8.55. The minimum Gasteiger partial charge on any atom is -0.451 e. The van der Waals surface area contributed by atoms with Gasteiger partial charge in [-0.25, -0.2) is 13.2 Å². The first-order chi connectivity index (χ1) is 16.3. The third-order valence-corrected chi connectivity index (χ3v) is 6.98. The number of hydrogen-bond acceptors (Lipinski definition) is 6. The molecule has 180 valence electrons. The summed E-state index contributed by atoms with van der Waals surface area (Å²) in [5, 5.41) is 4.96. The van der Waals surface area contributed by atoms with Gasteiger partial charge in [0.1, 0.15) is 5.70 Å². The van der Waals surface area contributed by atoms with Gasteiger partial charge in [-0.05, 0) is 48.7 Å². The van der Waals surface area contributed by atoms with E-state index in [1.54, 1.807) is 24.3 Å². The average Bonchev–Trinajstić information content (AvgIpc) is 2.83. The van der Waals surface area contributed by atoms with Crippen LogP contribution in [0.2, 0.25) is 0 Å². The molecular weight excluding hydrogens is 458 g/mol. The van der Waals surface area contributed by atoms with Crippen molar-refractivity contribution in [2.24, 2.45) is 0 Å². The van der Waals surface area contributed by atoms with Crippen molar-refractivity contribution in [2.75, 3.05) is 25.0 Å². The summed E-state index contributed by atoms with van der Waals surface area (Å²) in [6.45, 7) is 1.68. The standard InChI is InChI=1S/C24H27N3O6S/c1-18(28)25-22(16-19-8-4-2-5-9-19)24(30)33-17-23(29)26-20-10-12-21(13-11-20)34(31,32)27-14-6-3-7-15-27/h2,4-5,8-13,16H,3,6-7,14-15,17H2,1H3,(H,25,28)(H,26,29). The van der Waals surface area contributed by atoms with Crippen LogP contribution in [0.1, 0.15) is 31.7 Å². The third kappa shape index (κ3) is 7.00. The van der Waals surface area contributed by atoms with Gasteiger partial charge < -0.3 is 15.4 Å². The van der Waals surface area contributed by atoms with E-state index < -0.39 is 34.4 Å². The van der Waals surface area contributed by atoms with E-state index in [-0.39, 0.29) is 10.6 Å². The van der Waals surface area contributed by atoms with Gasteiger partial charge in [0.2, 0.25) is 15.9 Å². The van der Waals surface area contributed by atoms with Crippen LogP contribution in [-0.2, 0) is 29.1 Å². The molecule has 1 saturated heterocycles. The molecule has 0 saturated carbocycles. The minimum absolute atomic E-state index is 0.0984. The lowest BCUT2D eigenvalue weighted by Crippen LogP contribution is -2.35. The number of sulfonamides is 1. The maximum absolute atomic E-state index is 12.7. The lowest BCUT2D eigenvalue weighted by atomic mass is 10.2. The van der Waals surface area contributed by atoms with Crippen molar-refractivity contribution in [2.45, 2.75) is 31.1 Å². The van der Waals surface area contributed by atoms with Gasteiger partial charge in [0.25, 0.3) is 5.91 Å². The number of hydrogen-bond donors (Lipinski definition) is 2. The summed E-state index contributed by atoms with van der Waals surface area (Å²) in [6.07, 6.45) is 4.16. The molecule has 0 spiro atoms. The number of carbonyl (C=O) groups excluding carboxylic acids is 3. The van der Waals surface area contributed by atoms with Crippen LogP contribution in [-0.4, -0.2) is 50.2 Å². The second-order valence-electron chi connectivity index (χ2n) is 7.76. The number of ether oxygens (including phenoxy) is 1. The third-order valence-electron chi connectivity index (χ3n) is 5.07. The largest absolute Gasteiger partial charge is 0.451 e. The molecule has 0 aromatic heterocycles. The quantitative estimate of drug-likeness (QED) is 0.438. The van der Waals surface area contributed by atoms with Crippen LogP contribution < -0.4 is 10.6 Å². The summed E-state index contributed by atoms with van der Waals surface area (Å²) in [5.74, 6) is -1.93. The zero-order valence-electron chi connectivity index (χ0n) is 18.8. The highest BCUT2D eigenvalue weighted by Gasteiger charge is 2.25. The van der Waals surface area contributed by atoms with Crippen LogP contribution in [0.4, 0.5) is 5.69 Å². The molecule has 1 fully saturated rings. The fourth-order valence-corrected chi connectivity index (χ4v) is 4.94. The maximum atomic E-state index is 12.7. The zero-order valence-corrected chi connectivity index (χ0v) is 19.6. The molecule has 0 bridgehead atoms. The van der Waals surface area contributed by atoms with Crippen LogP contribution in [0.5, 0.6) is 0 Å². The topological polar surface area (TPSA) is 122 Å². The predicted molar refractivity (Wildman–Crippen MR) is 127 cm³/mol. The van der Waals surface area contributed by atoms with Crippen molar-refractivity contribution in [1.29, 1.82) is 0 Å². The van der Waals surface area contributed by atoms with Crippen molar-refractivity contribution in [1.82, 2.24) is 9.62 Å². The highest BCUT2D eigenvalue weighted by Crippen LogP contribution is 2.22. The van der Waals surface area contributed by atoms with Crippen LogP contribution in [0.3, 0.4) is 0 Å². The molecule has 2 amide bonds. The lowest BCUT2D eigenvalue weighted by molar-refractivity contribution is -0.144. The molecule has 1 aliphatic heterocycles. The first kappa shape index (κ1) is 25.1. The summed E-state index contributed by atoms with van der Waals surface area (Å²) < 4.78 is 31.9. The number of anilines is 1. The van der Waals surface area contributed by atoms with Gasteiger partial charge >= 0.3 is 5.97 Å². The Morgan fingerprint density at radius 2 is 1.62 bits per heavy atom. The number of nitrogens with zero attached hydrogens (tertiary/aromatic N) is 1. The zero-order chi connectivity index (χ0) is 24.6. The van der Waals surface area contributed by atoms with Gasteiger partial charge in [0.15, 0.2) is 6.61 Å². The van der Waals surface area contributed by atoms with Crippen LogP contribution in [0.25, 0.3) is 6.08 Å². The summed E-state index contributed by atoms with van der Waals surface area (Å²) >= 11 is 0. The number of rotatable bonds is 8. The average molecular weight is 486 g/mol. The molecule has 2 aromatic carbocycles. The van der Waals surface area contributed by atoms with Crippen molar-refractivity contribution < 1.29 is 27.5 Å². The maximum Gasteiger partial charge on any atom is 0.355 e. The highest BCUT2D eigenvalue weighted by atomic mass is 32.2. The van der Waals surface area contributed by atoms with E-state index in [0.717, 1.165) is 19.3 Å². The molecule has 0 atom stereocenters. The summed E-state index contributed by atoms with van der Waals surface area (Å²) in [4.78, 5) is 36.2. The summed E-state index contributed by atoms with van der Waals surface area (Å²) in [7, 11) is -3.56. The van der Waals surface area contributed by atoms with Gasteiger partial charge in [-0.15, -0.1) is 0 Å². The molecular formula is C24H27N3O6S. The van der Waals surface area contributed by atoms with E-state index in [0.29, 0.717) is 24.3 Å². The Morgan fingerprint density at radius 1 is 0.971 bits per heavy atom. The van der Waals surface area contributed by atoms with Crippen molar-refractivity contribution >= 4 is 39.6 Å². The normalized spacial score (nSPS) is 14.8. The summed E-state index contributed by atoms with van der Waals surface area (Å²) in [5.41, 5.74) is 0.937. The van der Waals surface area contributed by atoms with E-state index in [9.17, 15) is 22.8 Å². The van der Waals surface area contributed by atoms with Gasteiger partial charge in [-0.3, -0.25) is 9.59 Å². The minimum atomic E-state index is -3.56. The fourth-order valence-electron chi connectivity index (χ4n) is 3.42. The van der Waals surface area contributed by atoms with Crippen molar-refractivity contribution in [3.05, 3.63) is 65.9 Å². The molecule has 1 heterocycles. The second-order valence-corrected chi connectivity index (χ2v) is 9.70. The Bertz CT molecular complexity index is 1150. The van der Waals surface area contributed by atoms with Gasteiger partial charge in [0, 0.05) is 25.7 Å². The first-order valence-electron chi connectivity index (χ1n) is 10.9. The van der Waals surface area contributed by atoms with Gasteiger partial charge in [0.05, 0.1) is 4.90 Å². The SMILES string of the molecule is CC(=O)NC(=Cc1ccccc1)C(=O)OCC(=O)Nc1ccc(S(=O)(=O)N2CCCCC2)cc1. The second kappa shape index (κ2) is 11.6. The monoisotopic (exact) mass is 485 g/mol. The Balaban J connectivity index is 1.58. The van der Waals surface area contributed by atoms with E-state index in [4.69, 9.17) is 4.74 Å². The van der Waals surface area contributed by atoms with Crippen LogP contribution in [0.15, 0.2) is 65.2 Å². The van der Waals surface area contributed by atoms with Gasteiger partial charge in [-0.1, -0.05) is 36.8 Å². The van der Waals surface area contributed by atoms with E-state index in [2.05, 4.69) is 10.6 Å². The number of amides is 2. The fraction of sp³-hybridized carbons (Fsp3) is 0.292. The molecule has 9 nitrogen and oxygen atoms in total. The van der Waals surface area contributed by atoms with Crippen LogP contribution >= 0.6 is 0 Å². The molecule has 2 N–H and O–H groups in total. The number of carbonyl (C=O) groups is 3. The number of nitrogens with one attached hydrogen (secondary N) is 2. The molecule has 0 aliphatic carbocycles. The highest BCUT2D eigenvalue weighted by molar-refractivity contribution is 7.89. The molecule has 1 aliphatic rings.